The summed E-state index contributed by atoms with van der Waals surface area (Å²) in [7, 11) is 1.33. The smallest absolute Gasteiger partial charge is 0.357 e. The Balaban J connectivity index is 1.82. The van der Waals surface area contributed by atoms with Gasteiger partial charge in [0.15, 0.2) is 16.5 Å². The number of aromatic nitrogens is 3. The molecule has 0 bridgehead atoms. The molecule has 0 aromatic carbocycles. The molecule has 2 N–H and O–H groups in total. The molecule has 140 valence electrons. The maximum absolute atomic E-state index is 12.7. The Bertz CT molecular complexity index is 809. The van der Waals surface area contributed by atoms with Crippen molar-refractivity contribution < 1.29 is 14.3 Å². The summed E-state index contributed by atoms with van der Waals surface area (Å²) in [5, 5.41) is 10.4. The lowest BCUT2D eigenvalue weighted by molar-refractivity contribution is 0.0593. The number of aryl methyl sites for hydroxylation is 1. The van der Waals surface area contributed by atoms with Crippen LogP contribution in [-0.4, -0.2) is 34.2 Å². The third-order valence-electron chi connectivity index (χ3n) is 4.41. The van der Waals surface area contributed by atoms with Gasteiger partial charge in [-0.1, -0.05) is 20.3 Å². The number of anilines is 1. The maximum atomic E-state index is 12.7. The molecule has 1 aliphatic rings. The molecule has 0 atom stereocenters. The van der Waals surface area contributed by atoms with Crippen molar-refractivity contribution in [2.75, 3.05) is 12.4 Å². The number of thiazole rings is 1. The number of nitrogens with one attached hydrogen (secondary N) is 2. The SMILES string of the molecule is COC(=O)c1nc(NC(=O)c2n[nH]c3c2CCCCC3)sc1CC(C)C. The standard InChI is InChI=1S/C18H24N4O3S/c1-10(2)9-13-15(17(24)25-3)19-18(26-13)20-16(23)14-11-7-5-4-6-8-12(11)21-22-14/h10H,4-9H2,1-3H3,(H,21,22)(H,19,20,23). The number of amides is 1. The number of hydrogen-bond donors (Lipinski definition) is 2. The van der Waals surface area contributed by atoms with E-state index in [9.17, 15) is 9.59 Å². The quantitative estimate of drug-likeness (QED) is 0.616. The lowest BCUT2D eigenvalue weighted by Gasteiger charge is -2.03. The van der Waals surface area contributed by atoms with Gasteiger partial charge in [0, 0.05) is 16.1 Å². The molecular formula is C18H24N4O3S. The molecule has 26 heavy (non-hydrogen) atoms. The molecular weight excluding hydrogens is 352 g/mol. The number of H-pyrrole nitrogens is 1. The van der Waals surface area contributed by atoms with Crippen LogP contribution in [0.5, 0.6) is 0 Å². The van der Waals surface area contributed by atoms with Crippen molar-refractivity contribution in [3.05, 3.63) is 27.5 Å². The summed E-state index contributed by atoms with van der Waals surface area (Å²) in [6.45, 7) is 4.13. The van der Waals surface area contributed by atoms with Crippen LogP contribution in [0, 0.1) is 5.92 Å². The van der Waals surface area contributed by atoms with Gasteiger partial charge in [0.05, 0.1) is 7.11 Å². The third kappa shape index (κ3) is 3.95. The van der Waals surface area contributed by atoms with E-state index in [1.807, 2.05) is 0 Å². The fraction of sp³-hybridized carbons (Fsp3) is 0.556. The highest BCUT2D eigenvalue weighted by Gasteiger charge is 2.24. The average Bonchev–Trinajstić information content (AvgIpc) is 3.10. The minimum atomic E-state index is -0.481. The Morgan fingerprint density at radius 3 is 2.73 bits per heavy atom. The number of rotatable bonds is 5. The molecule has 7 nitrogen and oxygen atoms in total. The molecule has 2 aromatic heterocycles. The summed E-state index contributed by atoms with van der Waals surface area (Å²) >= 11 is 1.32. The number of esters is 1. The van der Waals surface area contributed by atoms with Crippen LogP contribution in [0.2, 0.25) is 0 Å². The first-order chi connectivity index (χ1) is 12.5. The molecule has 1 amide bonds. The number of carbonyl (C=O) groups is 2. The molecule has 0 saturated heterocycles. The van der Waals surface area contributed by atoms with Gasteiger partial charge in [0.25, 0.3) is 5.91 Å². The van der Waals surface area contributed by atoms with Crippen molar-refractivity contribution in [3.8, 4) is 0 Å². The van der Waals surface area contributed by atoms with E-state index in [0.717, 1.165) is 48.2 Å². The fourth-order valence-corrected chi connectivity index (χ4v) is 4.33. The molecule has 0 saturated carbocycles. The van der Waals surface area contributed by atoms with Gasteiger partial charge in [-0.2, -0.15) is 5.10 Å². The first kappa shape index (κ1) is 18.6. The van der Waals surface area contributed by atoms with Gasteiger partial charge < -0.3 is 4.74 Å². The van der Waals surface area contributed by atoms with E-state index in [1.165, 1.54) is 18.4 Å². The molecule has 0 spiro atoms. The number of fused-ring (bicyclic) bond motifs is 1. The molecule has 2 aromatic rings. The van der Waals surface area contributed by atoms with Crippen LogP contribution in [0.1, 0.15) is 70.2 Å². The van der Waals surface area contributed by atoms with E-state index < -0.39 is 5.97 Å². The Morgan fingerprint density at radius 2 is 2.00 bits per heavy atom. The number of aromatic amines is 1. The molecule has 0 fully saturated rings. The summed E-state index contributed by atoms with van der Waals surface area (Å²) < 4.78 is 4.81. The van der Waals surface area contributed by atoms with Crippen LogP contribution in [0.4, 0.5) is 5.13 Å². The second-order valence-corrected chi connectivity index (χ2v) is 8.01. The van der Waals surface area contributed by atoms with Crippen molar-refractivity contribution in [1.82, 2.24) is 15.2 Å². The van der Waals surface area contributed by atoms with Crippen molar-refractivity contribution in [1.29, 1.82) is 0 Å². The number of hydrogen-bond acceptors (Lipinski definition) is 6. The lowest BCUT2D eigenvalue weighted by atomic mass is 10.1. The van der Waals surface area contributed by atoms with E-state index in [2.05, 4.69) is 34.3 Å². The van der Waals surface area contributed by atoms with Crippen LogP contribution >= 0.6 is 11.3 Å². The van der Waals surface area contributed by atoms with Gasteiger partial charge in [-0.3, -0.25) is 15.2 Å². The predicted octanol–water partition coefficient (Wildman–Crippen LogP) is 3.37. The summed E-state index contributed by atoms with van der Waals surface area (Å²) in [6, 6.07) is 0. The highest BCUT2D eigenvalue weighted by atomic mass is 32.1. The number of carbonyl (C=O) groups excluding carboxylic acids is 2. The monoisotopic (exact) mass is 376 g/mol. The molecule has 0 radical (unpaired) electrons. The van der Waals surface area contributed by atoms with E-state index in [-0.39, 0.29) is 11.6 Å². The van der Waals surface area contributed by atoms with Crippen LogP contribution in [0.15, 0.2) is 0 Å². The Kier molecular flexibility index (Phi) is 5.70. The Morgan fingerprint density at radius 1 is 1.23 bits per heavy atom. The molecule has 8 heteroatoms. The van der Waals surface area contributed by atoms with Gasteiger partial charge in [0.1, 0.15) is 0 Å². The number of ether oxygens (including phenoxy) is 1. The number of methoxy groups -OCH3 is 1. The molecule has 0 aliphatic heterocycles. The fourth-order valence-electron chi connectivity index (χ4n) is 3.17. The van der Waals surface area contributed by atoms with Crippen molar-refractivity contribution in [3.63, 3.8) is 0 Å². The first-order valence-electron chi connectivity index (χ1n) is 8.95. The van der Waals surface area contributed by atoms with Crippen LogP contribution in [0.3, 0.4) is 0 Å². The van der Waals surface area contributed by atoms with Crippen LogP contribution in [0.25, 0.3) is 0 Å². The minimum absolute atomic E-state index is 0.280. The van der Waals surface area contributed by atoms with E-state index in [4.69, 9.17) is 4.74 Å². The molecule has 3 rings (SSSR count). The number of nitrogens with zero attached hydrogens (tertiary/aromatic N) is 2. The second-order valence-electron chi connectivity index (χ2n) is 6.92. The zero-order chi connectivity index (χ0) is 18.7. The van der Waals surface area contributed by atoms with Gasteiger partial charge in [-0.15, -0.1) is 11.3 Å². The lowest BCUT2D eigenvalue weighted by Crippen LogP contribution is -2.15. The van der Waals surface area contributed by atoms with E-state index in [0.29, 0.717) is 23.2 Å². The van der Waals surface area contributed by atoms with Gasteiger partial charge >= 0.3 is 5.97 Å². The molecule has 2 heterocycles. The van der Waals surface area contributed by atoms with Gasteiger partial charge in [0.2, 0.25) is 0 Å². The molecule has 0 unspecified atom stereocenters. The Labute approximate surface area is 156 Å². The van der Waals surface area contributed by atoms with Crippen LogP contribution < -0.4 is 5.32 Å². The average molecular weight is 376 g/mol. The summed E-state index contributed by atoms with van der Waals surface area (Å²) in [5.41, 5.74) is 2.78. The normalized spacial score (nSPS) is 14.0. The predicted molar refractivity (Wildman–Crippen MR) is 99.8 cm³/mol. The van der Waals surface area contributed by atoms with E-state index in [1.54, 1.807) is 0 Å². The first-order valence-corrected chi connectivity index (χ1v) is 9.76. The zero-order valence-corrected chi connectivity index (χ0v) is 16.2. The molecule has 1 aliphatic carbocycles. The third-order valence-corrected chi connectivity index (χ3v) is 5.40. The van der Waals surface area contributed by atoms with Gasteiger partial charge in [-0.25, -0.2) is 9.78 Å². The van der Waals surface area contributed by atoms with E-state index >= 15 is 0 Å². The summed E-state index contributed by atoms with van der Waals surface area (Å²) in [5.74, 6) is -0.402. The zero-order valence-electron chi connectivity index (χ0n) is 15.3. The van der Waals surface area contributed by atoms with Crippen LogP contribution in [-0.2, 0) is 24.0 Å². The van der Waals surface area contributed by atoms with Crippen molar-refractivity contribution in [2.45, 2.75) is 52.4 Å². The second kappa shape index (κ2) is 7.99. The van der Waals surface area contributed by atoms with Crippen molar-refractivity contribution in [2.24, 2.45) is 5.92 Å². The van der Waals surface area contributed by atoms with Gasteiger partial charge in [-0.05, 0) is 38.0 Å². The highest BCUT2D eigenvalue weighted by molar-refractivity contribution is 7.16. The summed E-state index contributed by atoms with van der Waals surface area (Å²) in [6.07, 6.45) is 5.84. The maximum Gasteiger partial charge on any atom is 0.357 e. The Hall–Kier alpha value is -2.22. The minimum Gasteiger partial charge on any atom is -0.464 e. The topological polar surface area (TPSA) is 97.0 Å². The largest absolute Gasteiger partial charge is 0.464 e. The van der Waals surface area contributed by atoms with Crippen molar-refractivity contribution >= 4 is 28.3 Å². The highest BCUT2D eigenvalue weighted by Crippen LogP contribution is 2.28. The summed E-state index contributed by atoms with van der Waals surface area (Å²) in [4.78, 5) is 29.8.